The predicted molar refractivity (Wildman–Crippen MR) is 86.3 cm³/mol. The Morgan fingerprint density at radius 2 is 1.76 bits per heavy atom. The fraction of sp³-hybridized carbons (Fsp3) is 0.294. The van der Waals surface area contributed by atoms with E-state index in [4.69, 9.17) is 21.1 Å². The molecule has 0 aliphatic rings. The number of halogens is 1. The molecule has 4 heteroatoms. The Morgan fingerprint density at radius 3 is 2.43 bits per heavy atom. The number of nitrogens with one attached hydrogen (secondary N) is 1. The molecular weight excluding hydrogens is 286 g/mol. The molecule has 2 aromatic carbocycles. The summed E-state index contributed by atoms with van der Waals surface area (Å²) in [5.41, 5.74) is 2.23. The molecule has 0 aliphatic heterocycles. The minimum atomic E-state index is 0.173. The van der Waals surface area contributed by atoms with Gasteiger partial charge in [0.15, 0.2) is 11.5 Å². The third kappa shape index (κ3) is 3.90. The largest absolute Gasteiger partial charge is 0.493 e. The van der Waals surface area contributed by atoms with Crippen LogP contribution in [-0.2, 0) is 6.54 Å². The Hall–Kier alpha value is -1.71. The normalized spacial score (nSPS) is 12.0. The van der Waals surface area contributed by atoms with Crippen molar-refractivity contribution in [3.05, 3.63) is 58.6 Å². The second kappa shape index (κ2) is 7.34. The average Bonchev–Trinajstić information content (AvgIpc) is 2.52. The molecule has 0 amide bonds. The molecule has 0 aliphatic carbocycles. The van der Waals surface area contributed by atoms with Crippen molar-refractivity contribution in [2.45, 2.75) is 19.5 Å². The third-order valence-corrected chi connectivity index (χ3v) is 3.78. The molecule has 2 aromatic rings. The highest BCUT2D eigenvalue weighted by molar-refractivity contribution is 6.31. The number of rotatable bonds is 6. The fourth-order valence-electron chi connectivity index (χ4n) is 2.20. The van der Waals surface area contributed by atoms with Gasteiger partial charge in [-0.3, -0.25) is 0 Å². The molecular formula is C17H20ClNO2. The van der Waals surface area contributed by atoms with Crippen molar-refractivity contribution >= 4 is 11.6 Å². The van der Waals surface area contributed by atoms with E-state index in [0.717, 1.165) is 34.2 Å². The molecule has 0 fully saturated rings. The molecule has 0 aromatic heterocycles. The molecule has 0 spiro atoms. The predicted octanol–water partition coefficient (Wildman–Crippen LogP) is 4.21. The van der Waals surface area contributed by atoms with Crippen molar-refractivity contribution in [2.75, 3.05) is 14.2 Å². The minimum Gasteiger partial charge on any atom is -0.493 e. The standard InChI is InChI=1S/C17H20ClNO2/c1-12(14-6-4-5-7-15(14)18)19-11-13-8-9-16(20-2)17(10-13)21-3/h4-10,12,19H,11H2,1-3H3/t12-/m1/s1. The number of benzene rings is 2. The van der Waals surface area contributed by atoms with E-state index >= 15 is 0 Å². The summed E-state index contributed by atoms with van der Waals surface area (Å²) < 4.78 is 10.6. The minimum absolute atomic E-state index is 0.173. The van der Waals surface area contributed by atoms with E-state index in [-0.39, 0.29) is 6.04 Å². The number of ether oxygens (including phenoxy) is 2. The Labute approximate surface area is 130 Å². The zero-order chi connectivity index (χ0) is 15.2. The van der Waals surface area contributed by atoms with Crippen LogP contribution in [0, 0.1) is 0 Å². The second-order valence-corrected chi connectivity index (χ2v) is 5.22. The zero-order valence-corrected chi connectivity index (χ0v) is 13.3. The van der Waals surface area contributed by atoms with Crippen LogP contribution in [0.5, 0.6) is 11.5 Å². The molecule has 2 rings (SSSR count). The summed E-state index contributed by atoms with van der Waals surface area (Å²) in [6.07, 6.45) is 0. The molecule has 0 bridgehead atoms. The monoisotopic (exact) mass is 305 g/mol. The average molecular weight is 306 g/mol. The van der Waals surface area contributed by atoms with Crippen LogP contribution in [0.4, 0.5) is 0 Å². The van der Waals surface area contributed by atoms with Crippen molar-refractivity contribution in [2.24, 2.45) is 0 Å². The molecule has 21 heavy (non-hydrogen) atoms. The molecule has 0 heterocycles. The van der Waals surface area contributed by atoms with Gasteiger partial charge >= 0.3 is 0 Å². The summed E-state index contributed by atoms with van der Waals surface area (Å²) in [5.74, 6) is 1.47. The van der Waals surface area contributed by atoms with Gasteiger partial charge in [-0.05, 0) is 36.2 Å². The second-order valence-electron chi connectivity index (χ2n) is 4.81. The van der Waals surface area contributed by atoms with Crippen LogP contribution < -0.4 is 14.8 Å². The van der Waals surface area contributed by atoms with E-state index in [9.17, 15) is 0 Å². The first-order chi connectivity index (χ1) is 10.2. The summed E-state index contributed by atoms with van der Waals surface area (Å²) in [5, 5.41) is 4.25. The van der Waals surface area contributed by atoms with Crippen molar-refractivity contribution < 1.29 is 9.47 Å². The SMILES string of the molecule is COc1ccc(CN[C@H](C)c2ccccc2Cl)cc1OC. The maximum absolute atomic E-state index is 6.21. The topological polar surface area (TPSA) is 30.5 Å². The van der Waals surface area contributed by atoms with Gasteiger partial charge in [-0.2, -0.15) is 0 Å². The van der Waals surface area contributed by atoms with Crippen LogP contribution in [0.2, 0.25) is 5.02 Å². The first kappa shape index (κ1) is 15.7. The first-order valence-electron chi connectivity index (χ1n) is 6.84. The van der Waals surface area contributed by atoms with Gasteiger partial charge in [-0.25, -0.2) is 0 Å². The lowest BCUT2D eigenvalue weighted by molar-refractivity contribution is 0.354. The van der Waals surface area contributed by atoms with Gasteiger partial charge in [0.25, 0.3) is 0 Å². The maximum Gasteiger partial charge on any atom is 0.161 e. The summed E-state index contributed by atoms with van der Waals surface area (Å²) in [4.78, 5) is 0. The Morgan fingerprint density at radius 1 is 1.05 bits per heavy atom. The smallest absolute Gasteiger partial charge is 0.161 e. The van der Waals surface area contributed by atoms with E-state index < -0.39 is 0 Å². The number of methoxy groups -OCH3 is 2. The first-order valence-corrected chi connectivity index (χ1v) is 7.22. The summed E-state index contributed by atoms with van der Waals surface area (Å²) in [6, 6.07) is 14.0. The lowest BCUT2D eigenvalue weighted by Gasteiger charge is -2.16. The molecule has 0 unspecified atom stereocenters. The van der Waals surface area contributed by atoms with Crippen LogP contribution in [0.15, 0.2) is 42.5 Å². The summed E-state index contributed by atoms with van der Waals surface area (Å²) >= 11 is 6.21. The van der Waals surface area contributed by atoms with Crippen molar-refractivity contribution in [3.63, 3.8) is 0 Å². The molecule has 112 valence electrons. The van der Waals surface area contributed by atoms with Crippen LogP contribution in [0.3, 0.4) is 0 Å². The Balaban J connectivity index is 2.04. The maximum atomic E-state index is 6.21. The van der Waals surface area contributed by atoms with Gasteiger partial charge in [0, 0.05) is 17.6 Å². The van der Waals surface area contributed by atoms with Crippen molar-refractivity contribution in [1.82, 2.24) is 5.32 Å². The van der Waals surface area contributed by atoms with Crippen molar-refractivity contribution in [3.8, 4) is 11.5 Å². The summed E-state index contributed by atoms with van der Waals surface area (Å²) in [7, 11) is 3.27. The van der Waals surface area contributed by atoms with E-state index in [0.29, 0.717) is 0 Å². The van der Waals surface area contributed by atoms with E-state index in [2.05, 4.69) is 12.2 Å². The van der Waals surface area contributed by atoms with Gasteiger partial charge in [-0.1, -0.05) is 35.9 Å². The quantitative estimate of drug-likeness (QED) is 0.867. The van der Waals surface area contributed by atoms with Gasteiger partial charge in [-0.15, -0.1) is 0 Å². The highest BCUT2D eigenvalue weighted by atomic mass is 35.5. The van der Waals surface area contributed by atoms with Crippen LogP contribution >= 0.6 is 11.6 Å². The lowest BCUT2D eigenvalue weighted by Crippen LogP contribution is -2.18. The summed E-state index contributed by atoms with van der Waals surface area (Å²) in [6.45, 7) is 2.83. The lowest BCUT2D eigenvalue weighted by atomic mass is 10.1. The Kier molecular flexibility index (Phi) is 5.48. The number of hydrogen-bond acceptors (Lipinski definition) is 3. The molecule has 0 saturated heterocycles. The van der Waals surface area contributed by atoms with Crippen LogP contribution in [-0.4, -0.2) is 14.2 Å². The van der Waals surface area contributed by atoms with Gasteiger partial charge in [0.2, 0.25) is 0 Å². The zero-order valence-electron chi connectivity index (χ0n) is 12.5. The third-order valence-electron chi connectivity index (χ3n) is 3.43. The van der Waals surface area contributed by atoms with Gasteiger partial charge in [0.05, 0.1) is 14.2 Å². The van der Waals surface area contributed by atoms with Gasteiger partial charge in [0.1, 0.15) is 0 Å². The van der Waals surface area contributed by atoms with E-state index in [1.165, 1.54) is 0 Å². The molecule has 0 saturated carbocycles. The molecule has 1 N–H and O–H groups in total. The molecule has 1 atom stereocenters. The van der Waals surface area contributed by atoms with E-state index in [1.54, 1.807) is 14.2 Å². The highest BCUT2D eigenvalue weighted by Gasteiger charge is 2.09. The molecule has 3 nitrogen and oxygen atoms in total. The van der Waals surface area contributed by atoms with Gasteiger partial charge < -0.3 is 14.8 Å². The fourth-order valence-corrected chi connectivity index (χ4v) is 2.50. The van der Waals surface area contributed by atoms with Crippen molar-refractivity contribution in [1.29, 1.82) is 0 Å². The Bertz CT molecular complexity index is 601. The van der Waals surface area contributed by atoms with Crippen LogP contribution in [0.1, 0.15) is 24.1 Å². The number of hydrogen-bond donors (Lipinski definition) is 1. The van der Waals surface area contributed by atoms with E-state index in [1.807, 2.05) is 42.5 Å². The highest BCUT2D eigenvalue weighted by Crippen LogP contribution is 2.28. The van der Waals surface area contributed by atoms with Crippen LogP contribution in [0.25, 0.3) is 0 Å². The molecule has 0 radical (unpaired) electrons.